The fraction of sp³-hybridized carbons (Fsp3) is 0.172. The minimum atomic E-state index is -4.59. The van der Waals surface area contributed by atoms with Gasteiger partial charge in [-0.1, -0.05) is 47.5 Å². The van der Waals surface area contributed by atoms with Crippen LogP contribution in [0.25, 0.3) is 28.0 Å². The fourth-order valence-electron chi connectivity index (χ4n) is 4.13. The van der Waals surface area contributed by atoms with Gasteiger partial charge in [0, 0.05) is 10.6 Å². The van der Waals surface area contributed by atoms with Gasteiger partial charge in [-0.3, -0.25) is 0 Å². The first kappa shape index (κ1) is 24.8. The Labute approximate surface area is 217 Å². The molecule has 0 N–H and O–H groups in total. The average molecular weight is 522 g/mol. The van der Waals surface area contributed by atoms with Crippen LogP contribution >= 0.6 is 11.6 Å². The second-order valence-corrected chi connectivity index (χ2v) is 9.39. The number of fused-ring (bicyclic) bond motifs is 1. The molecule has 0 bridgehead atoms. The van der Waals surface area contributed by atoms with E-state index in [2.05, 4.69) is 10.1 Å². The molecule has 0 saturated heterocycles. The second kappa shape index (κ2) is 9.56. The van der Waals surface area contributed by atoms with Crippen LogP contribution in [0.4, 0.5) is 13.2 Å². The first-order chi connectivity index (χ1) is 17.6. The highest BCUT2D eigenvalue weighted by molar-refractivity contribution is 6.31. The Morgan fingerprint density at radius 3 is 2.24 bits per heavy atom. The fourth-order valence-corrected chi connectivity index (χ4v) is 4.30. The van der Waals surface area contributed by atoms with E-state index in [9.17, 15) is 13.2 Å². The molecule has 5 aromatic rings. The third-order valence-electron chi connectivity index (χ3n) is 6.19. The van der Waals surface area contributed by atoms with Crippen molar-refractivity contribution in [2.45, 2.75) is 33.6 Å². The normalized spacial score (nSPS) is 11.8. The lowest BCUT2D eigenvalue weighted by Crippen LogP contribution is -2.08. The van der Waals surface area contributed by atoms with Crippen LogP contribution in [-0.4, -0.2) is 14.8 Å². The highest BCUT2D eigenvalue weighted by Gasteiger charge is 2.36. The van der Waals surface area contributed by atoms with Crippen LogP contribution < -0.4 is 4.74 Å². The zero-order valence-electron chi connectivity index (χ0n) is 20.4. The standard InChI is InChI=1S/C29H23ClF3N3O/c1-17-4-7-20(8-5-17)16-37-23-12-9-21(10-13-23)26-15-24(29(31,32)33)27-19(3)35-36(28(27)34-26)22-11-6-18(2)25(30)14-22/h4-15H,16H2,1-3H3. The molecule has 3 aromatic carbocycles. The maximum atomic E-state index is 14.2. The summed E-state index contributed by atoms with van der Waals surface area (Å²) in [4.78, 5) is 4.62. The Hall–Kier alpha value is -3.84. The number of rotatable bonds is 5. The van der Waals surface area contributed by atoms with E-state index in [1.807, 2.05) is 38.1 Å². The van der Waals surface area contributed by atoms with Crippen molar-refractivity contribution in [3.05, 3.63) is 106 Å². The van der Waals surface area contributed by atoms with E-state index in [0.29, 0.717) is 28.6 Å². The lowest BCUT2D eigenvalue weighted by atomic mass is 10.0. The molecule has 0 fully saturated rings. The predicted octanol–water partition coefficient (Wildman–Crippen LogP) is 8.26. The topological polar surface area (TPSA) is 39.9 Å². The third-order valence-corrected chi connectivity index (χ3v) is 6.60. The van der Waals surface area contributed by atoms with Gasteiger partial charge in [0.05, 0.1) is 28.0 Å². The molecule has 188 valence electrons. The van der Waals surface area contributed by atoms with E-state index >= 15 is 0 Å². The summed E-state index contributed by atoms with van der Waals surface area (Å²) in [6.45, 7) is 5.80. The number of aryl methyl sites for hydroxylation is 3. The largest absolute Gasteiger partial charge is 0.489 e. The van der Waals surface area contributed by atoms with Gasteiger partial charge in [0.15, 0.2) is 5.65 Å². The molecule has 0 amide bonds. The van der Waals surface area contributed by atoms with Gasteiger partial charge in [0.1, 0.15) is 12.4 Å². The van der Waals surface area contributed by atoms with Crippen LogP contribution in [0, 0.1) is 20.8 Å². The van der Waals surface area contributed by atoms with Gasteiger partial charge in [-0.2, -0.15) is 18.3 Å². The van der Waals surface area contributed by atoms with Crippen molar-refractivity contribution in [1.82, 2.24) is 14.8 Å². The number of aromatic nitrogens is 3. The van der Waals surface area contributed by atoms with E-state index in [1.165, 1.54) is 4.68 Å². The second-order valence-electron chi connectivity index (χ2n) is 8.98. The SMILES string of the molecule is Cc1ccc(COc2ccc(-c3cc(C(F)(F)F)c4c(C)nn(-c5ccc(C)c(Cl)c5)c4n3)cc2)cc1. The number of pyridine rings is 1. The Balaban J connectivity index is 1.54. The van der Waals surface area contributed by atoms with Crippen molar-refractivity contribution in [2.75, 3.05) is 0 Å². The molecule has 4 nitrogen and oxygen atoms in total. The number of nitrogens with zero attached hydrogens (tertiary/aromatic N) is 3. The van der Waals surface area contributed by atoms with Crippen molar-refractivity contribution in [3.8, 4) is 22.7 Å². The summed E-state index contributed by atoms with van der Waals surface area (Å²) in [6, 6.07) is 21.2. The molecule has 37 heavy (non-hydrogen) atoms. The lowest BCUT2D eigenvalue weighted by molar-refractivity contribution is -0.136. The highest BCUT2D eigenvalue weighted by atomic mass is 35.5. The molecule has 5 rings (SSSR count). The first-order valence-corrected chi connectivity index (χ1v) is 12.0. The minimum Gasteiger partial charge on any atom is -0.489 e. The Bertz CT molecular complexity index is 1590. The lowest BCUT2D eigenvalue weighted by Gasteiger charge is -2.13. The zero-order chi connectivity index (χ0) is 26.3. The van der Waals surface area contributed by atoms with Crippen molar-refractivity contribution < 1.29 is 17.9 Å². The van der Waals surface area contributed by atoms with Gasteiger partial charge >= 0.3 is 6.18 Å². The van der Waals surface area contributed by atoms with Crippen LogP contribution in [-0.2, 0) is 12.8 Å². The van der Waals surface area contributed by atoms with E-state index < -0.39 is 11.7 Å². The molecule has 0 saturated carbocycles. The quantitative estimate of drug-likeness (QED) is 0.234. The number of hydrogen-bond acceptors (Lipinski definition) is 3. The van der Waals surface area contributed by atoms with Gasteiger partial charge in [0.25, 0.3) is 0 Å². The van der Waals surface area contributed by atoms with Gasteiger partial charge in [-0.25, -0.2) is 9.67 Å². The molecule has 0 spiro atoms. The molecule has 0 unspecified atom stereocenters. The zero-order valence-corrected chi connectivity index (χ0v) is 21.2. The Morgan fingerprint density at radius 2 is 1.59 bits per heavy atom. The van der Waals surface area contributed by atoms with Crippen molar-refractivity contribution >= 4 is 22.6 Å². The van der Waals surface area contributed by atoms with Crippen LogP contribution in [0.3, 0.4) is 0 Å². The van der Waals surface area contributed by atoms with Gasteiger partial charge in [-0.15, -0.1) is 0 Å². The van der Waals surface area contributed by atoms with Crippen LogP contribution in [0.5, 0.6) is 5.75 Å². The van der Waals surface area contributed by atoms with Gasteiger partial charge < -0.3 is 4.74 Å². The molecule has 0 aliphatic rings. The summed E-state index contributed by atoms with van der Waals surface area (Å²) in [5.41, 5.74) is 3.86. The Morgan fingerprint density at radius 1 is 0.892 bits per heavy atom. The number of hydrogen-bond donors (Lipinski definition) is 0. The molecule has 0 aliphatic carbocycles. The molecule has 2 heterocycles. The smallest absolute Gasteiger partial charge is 0.417 e. The monoisotopic (exact) mass is 521 g/mol. The summed E-state index contributed by atoms with van der Waals surface area (Å²) in [5.74, 6) is 0.608. The molecular weight excluding hydrogens is 499 g/mol. The van der Waals surface area contributed by atoms with Crippen molar-refractivity contribution in [2.24, 2.45) is 0 Å². The molecule has 8 heteroatoms. The molecule has 2 aromatic heterocycles. The minimum absolute atomic E-state index is 0.0361. The molecule has 0 radical (unpaired) electrons. The van der Waals surface area contributed by atoms with Crippen LogP contribution in [0.15, 0.2) is 72.8 Å². The summed E-state index contributed by atoms with van der Waals surface area (Å²) < 4.78 is 49.8. The third kappa shape index (κ3) is 5.04. The first-order valence-electron chi connectivity index (χ1n) is 11.6. The van der Waals surface area contributed by atoms with E-state index in [0.717, 1.165) is 22.8 Å². The number of halogens is 4. The summed E-state index contributed by atoms with van der Waals surface area (Å²) in [7, 11) is 0. The maximum Gasteiger partial charge on any atom is 0.417 e. The highest BCUT2D eigenvalue weighted by Crippen LogP contribution is 2.39. The average Bonchev–Trinajstić information content (AvgIpc) is 3.21. The van der Waals surface area contributed by atoms with Crippen LogP contribution in [0.1, 0.15) is 27.9 Å². The molecule has 0 aliphatic heterocycles. The van der Waals surface area contributed by atoms with Crippen molar-refractivity contribution in [1.29, 1.82) is 0 Å². The Kier molecular flexibility index (Phi) is 6.42. The van der Waals surface area contributed by atoms with Crippen molar-refractivity contribution in [3.63, 3.8) is 0 Å². The predicted molar refractivity (Wildman–Crippen MR) is 139 cm³/mol. The van der Waals surface area contributed by atoms with Gasteiger partial charge in [0.2, 0.25) is 0 Å². The number of benzene rings is 3. The molecular formula is C29H23ClF3N3O. The number of ether oxygens (including phenoxy) is 1. The maximum absolute atomic E-state index is 14.2. The summed E-state index contributed by atoms with van der Waals surface area (Å²) in [6.07, 6.45) is -4.59. The van der Waals surface area contributed by atoms with Crippen LogP contribution in [0.2, 0.25) is 5.02 Å². The van der Waals surface area contributed by atoms with Gasteiger partial charge in [-0.05, 0) is 74.4 Å². The number of alkyl halides is 3. The van der Waals surface area contributed by atoms with E-state index in [-0.39, 0.29) is 22.4 Å². The van der Waals surface area contributed by atoms with E-state index in [1.54, 1.807) is 49.4 Å². The summed E-state index contributed by atoms with van der Waals surface area (Å²) >= 11 is 6.29. The molecule has 0 atom stereocenters. The van der Waals surface area contributed by atoms with E-state index in [4.69, 9.17) is 16.3 Å². The summed E-state index contributed by atoms with van der Waals surface area (Å²) in [5, 5.41) is 4.84.